The molecule has 2 unspecified atom stereocenters. The molecule has 1 N–H and O–H groups in total. The molecule has 2 nitrogen and oxygen atoms in total. The highest BCUT2D eigenvalue weighted by atomic mass is 79.9. The monoisotopic (exact) mass is 369 g/mol. The van der Waals surface area contributed by atoms with Gasteiger partial charge in [0.05, 0.1) is 6.61 Å². The lowest BCUT2D eigenvalue weighted by Crippen LogP contribution is -2.37. The Hall–Kier alpha value is -0.190. The van der Waals surface area contributed by atoms with Crippen molar-refractivity contribution in [1.82, 2.24) is 5.32 Å². The van der Waals surface area contributed by atoms with Gasteiger partial charge in [0.1, 0.15) is 5.75 Å². The molecule has 2 atom stereocenters. The molecule has 0 aliphatic carbocycles. The van der Waals surface area contributed by atoms with Crippen LogP contribution >= 0.6 is 27.7 Å². The summed E-state index contributed by atoms with van der Waals surface area (Å²) in [5.74, 6) is 2.91. The number of rotatable bonds is 4. The number of halogens is 1. The normalized spacial score (nSPS) is 23.9. The largest absolute Gasteiger partial charge is 0.493 e. The van der Waals surface area contributed by atoms with Crippen LogP contribution < -0.4 is 10.1 Å². The molecule has 116 valence electrons. The summed E-state index contributed by atoms with van der Waals surface area (Å²) in [6.45, 7) is 8.80. The number of hydrogen-bond donors (Lipinski definition) is 1. The maximum atomic E-state index is 5.94. The molecule has 0 fully saturated rings. The van der Waals surface area contributed by atoms with Gasteiger partial charge in [-0.3, -0.25) is 0 Å². The second kappa shape index (κ2) is 6.51. The third-order valence-corrected chi connectivity index (χ3v) is 6.71. The van der Waals surface area contributed by atoms with Gasteiger partial charge in [0.15, 0.2) is 0 Å². The SMILES string of the molecule is CCCNC1c2c(Br)cc3c(c2CSC1C(C)C)OCC3. The Bertz CT molecular complexity index is 532. The van der Waals surface area contributed by atoms with E-state index in [2.05, 4.69) is 59.8 Å². The summed E-state index contributed by atoms with van der Waals surface area (Å²) in [5.41, 5.74) is 4.24. The molecule has 2 aliphatic heterocycles. The van der Waals surface area contributed by atoms with E-state index in [1.165, 1.54) is 33.3 Å². The molecule has 0 amide bonds. The van der Waals surface area contributed by atoms with E-state index < -0.39 is 0 Å². The fourth-order valence-corrected chi connectivity index (χ4v) is 5.62. The van der Waals surface area contributed by atoms with Gasteiger partial charge in [-0.25, -0.2) is 0 Å². The van der Waals surface area contributed by atoms with Crippen LogP contribution in [-0.4, -0.2) is 18.4 Å². The van der Waals surface area contributed by atoms with Gasteiger partial charge in [-0.1, -0.05) is 36.7 Å². The lowest BCUT2D eigenvalue weighted by molar-refractivity contribution is 0.352. The highest BCUT2D eigenvalue weighted by Gasteiger charge is 2.36. The quantitative estimate of drug-likeness (QED) is 0.830. The molecule has 0 radical (unpaired) electrons. The molecule has 0 aromatic heterocycles. The van der Waals surface area contributed by atoms with E-state index in [4.69, 9.17) is 4.74 Å². The van der Waals surface area contributed by atoms with E-state index in [1.807, 2.05) is 0 Å². The van der Waals surface area contributed by atoms with Crippen LogP contribution in [0.2, 0.25) is 0 Å². The van der Waals surface area contributed by atoms with Crippen molar-refractivity contribution < 1.29 is 4.74 Å². The van der Waals surface area contributed by atoms with Crippen LogP contribution in [0.25, 0.3) is 0 Å². The fraction of sp³-hybridized carbons (Fsp3) is 0.647. The molecule has 0 spiro atoms. The van der Waals surface area contributed by atoms with E-state index in [-0.39, 0.29) is 0 Å². The number of ether oxygens (including phenoxy) is 1. The molecule has 1 aromatic rings. The van der Waals surface area contributed by atoms with Crippen molar-refractivity contribution >= 4 is 27.7 Å². The summed E-state index contributed by atoms with van der Waals surface area (Å²) in [6.07, 6.45) is 2.22. The number of fused-ring (bicyclic) bond motifs is 3. The first-order valence-corrected chi connectivity index (χ1v) is 9.79. The van der Waals surface area contributed by atoms with E-state index in [1.54, 1.807) is 0 Å². The Morgan fingerprint density at radius 3 is 3.00 bits per heavy atom. The molecule has 4 heteroatoms. The smallest absolute Gasteiger partial charge is 0.127 e. The minimum atomic E-state index is 0.419. The number of thioether (sulfide) groups is 1. The first kappa shape index (κ1) is 15.7. The highest BCUT2D eigenvalue weighted by molar-refractivity contribution is 9.10. The fourth-order valence-electron chi connectivity index (χ4n) is 3.40. The molecular formula is C17H24BrNOS. The Morgan fingerprint density at radius 2 is 2.29 bits per heavy atom. The van der Waals surface area contributed by atoms with Crippen LogP contribution in [0.15, 0.2) is 10.5 Å². The lowest BCUT2D eigenvalue weighted by atomic mass is 9.90. The molecule has 2 heterocycles. The second-order valence-corrected chi connectivity index (χ2v) is 8.31. The van der Waals surface area contributed by atoms with E-state index in [9.17, 15) is 0 Å². The van der Waals surface area contributed by atoms with Crippen LogP contribution in [0.5, 0.6) is 5.75 Å². The minimum absolute atomic E-state index is 0.419. The summed E-state index contributed by atoms with van der Waals surface area (Å²) in [4.78, 5) is 0. The molecule has 0 saturated carbocycles. The maximum Gasteiger partial charge on any atom is 0.127 e. The summed E-state index contributed by atoms with van der Waals surface area (Å²) in [7, 11) is 0. The first-order valence-electron chi connectivity index (χ1n) is 7.95. The van der Waals surface area contributed by atoms with Crippen molar-refractivity contribution in [2.45, 2.75) is 50.7 Å². The summed E-state index contributed by atoms with van der Waals surface area (Å²) in [5, 5.41) is 4.41. The van der Waals surface area contributed by atoms with Crippen molar-refractivity contribution in [2.24, 2.45) is 5.92 Å². The van der Waals surface area contributed by atoms with Crippen LogP contribution in [0, 0.1) is 5.92 Å². The average Bonchev–Trinajstić information content (AvgIpc) is 2.92. The number of benzene rings is 1. The van der Waals surface area contributed by atoms with E-state index in [0.29, 0.717) is 17.2 Å². The molecule has 0 saturated heterocycles. The van der Waals surface area contributed by atoms with Crippen molar-refractivity contribution in [2.75, 3.05) is 13.2 Å². The topological polar surface area (TPSA) is 21.3 Å². The first-order chi connectivity index (χ1) is 10.1. The van der Waals surface area contributed by atoms with Crippen LogP contribution in [0.4, 0.5) is 0 Å². The number of hydrogen-bond acceptors (Lipinski definition) is 3. The molecule has 2 aliphatic rings. The van der Waals surface area contributed by atoms with Gasteiger partial charge in [0.25, 0.3) is 0 Å². The highest BCUT2D eigenvalue weighted by Crippen LogP contribution is 2.49. The Kier molecular flexibility index (Phi) is 4.87. The van der Waals surface area contributed by atoms with Crippen LogP contribution in [-0.2, 0) is 12.2 Å². The summed E-state index contributed by atoms with van der Waals surface area (Å²) < 4.78 is 7.20. The third kappa shape index (κ3) is 2.87. The number of nitrogens with one attached hydrogen (secondary N) is 1. The lowest BCUT2D eigenvalue weighted by Gasteiger charge is -2.37. The third-order valence-electron chi connectivity index (χ3n) is 4.40. The van der Waals surface area contributed by atoms with Crippen LogP contribution in [0.1, 0.15) is 49.9 Å². The standard InChI is InChI=1S/C17H24BrNOS/c1-4-6-19-15-14-12(9-21-17(15)10(2)3)16-11(5-7-20-16)8-13(14)18/h8,10,15,17,19H,4-7,9H2,1-3H3. The molecule has 1 aromatic carbocycles. The predicted octanol–water partition coefficient (Wildman–Crippen LogP) is 4.70. The van der Waals surface area contributed by atoms with Gasteiger partial charge in [-0.15, -0.1) is 0 Å². The van der Waals surface area contributed by atoms with Gasteiger partial charge in [-0.05, 0) is 36.1 Å². The zero-order chi connectivity index (χ0) is 15.0. The molecule has 21 heavy (non-hydrogen) atoms. The Labute approximate surface area is 140 Å². The zero-order valence-corrected chi connectivity index (χ0v) is 15.4. The summed E-state index contributed by atoms with van der Waals surface area (Å²) in [6, 6.07) is 2.71. The van der Waals surface area contributed by atoms with Gasteiger partial charge >= 0.3 is 0 Å². The second-order valence-electron chi connectivity index (χ2n) is 6.29. The molecule has 0 bridgehead atoms. The zero-order valence-electron chi connectivity index (χ0n) is 13.0. The van der Waals surface area contributed by atoms with Gasteiger partial charge in [0, 0.05) is 33.5 Å². The van der Waals surface area contributed by atoms with Crippen molar-refractivity contribution in [3.63, 3.8) is 0 Å². The molecular weight excluding hydrogens is 346 g/mol. The van der Waals surface area contributed by atoms with Crippen molar-refractivity contribution in [3.05, 3.63) is 27.2 Å². The van der Waals surface area contributed by atoms with Gasteiger partial charge < -0.3 is 10.1 Å². The molecule has 3 rings (SSSR count). The summed E-state index contributed by atoms with van der Waals surface area (Å²) >= 11 is 5.92. The van der Waals surface area contributed by atoms with Crippen LogP contribution in [0.3, 0.4) is 0 Å². The maximum absolute atomic E-state index is 5.94. The predicted molar refractivity (Wildman–Crippen MR) is 94.3 cm³/mol. The van der Waals surface area contributed by atoms with E-state index >= 15 is 0 Å². The Balaban J connectivity index is 2.05. The van der Waals surface area contributed by atoms with Crippen molar-refractivity contribution in [1.29, 1.82) is 0 Å². The van der Waals surface area contributed by atoms with Gasteiger partial charge in [0.2, 0.25) is 0 Å². The van der Waals surface area contributed by atoms with Crippen molar-refractivity contribution in [3.8, 4) is 5.75 Å². The van der Waals surface area contributed by atoms with Gasteiger partial charge in [-0.2, -0.15) is 11.8 Å². The average molecular weight is 370 g/mol. The minimum Gasteiger partial charge on any atom is -0.493 e. The Morgan fingerprint density at radius 1 is 1.48 bits per heavy atom. The van der Waals surface area contributed by atoms with E-state index in [0.717, 1.165) is 25.3 Å².